The van der Waals surface area contributed by atoms with Gasteiger partial charge in [-0.1, -0.05) is 86.1 Å². The number of benzene rings is 3. The van der Waals surface area contributed by atoms with Crippen LogP contribution in [-0.4, -0.2) is 50.0 Å². The highest BCUT2D eigenvalue weighted by molar-refractivity contribution is 7.92. The molecule has 0 saturated heterocycles. The minimum absolute atomic E-state index is 0.0952. The third kappa shape index (κ3) is 8.57. The molecule has 0 aromatic heterocycles. The van der Waals surface area contributed by atoms with E-state index in [4.69, 9.17) is 11.6 Å². The first-order valence-electron chi connectivity index (χ1n) is 13.5. The summed E-state index contributed by atoms with van der Waals surface area (Å²) < 4.78 is 27.1. The molecule has 0 radical (unpaired) electrons. The molecule has 0 aliphatic rings. The van der Waals surface area contributed by atoms with Crippen LogP contribution in [0.4, 0.5) is 5.69 Å². The number of hydrogen-bond donors (Lipinski definition) is 1. The van der Waals surface area contributed by atoms with E-state index in [1.54, 1.807) is 36.4 Å². The summed E-state index contributed by atoms with van der Waals surface area (Å²) in [5, 5.41) is 3.58. The highest BCUT2D eigenvalue weighted by atomic mass is 35.5. The first kappa shape index (κ1) is 31.2. The normalized spacial score (nSPS) is 12.8. The quantitative estimate of drug-likeness (QED) is 0.299. The second-order valence-corrected chi connectivity index (χ2v) is 12.3. The maximum Gasteiger partial charge on any atom is 0.244 e. The average molecular weight is 584 g/mol. The SMILES string of the molecule is CCc1ccccc1N(CC(=O)N(Cc1ccc(Cl)cc1)[C@@H](Cc1ccccc1)C(=O)N[C@@H](C)CC)S(C)(=O)=O. The van der Waals surface area contributed by atoms with Gasteiger partial charge in [-0.05, 0) is 54.7 Å². The lowest BCUT2D eigenvalue weighted by Crippen LogP contribution is -2.54. The zero-order valence-electron chi connectivity index (χ0n) is 23.5. The molecule has 0 saturated carbocycles. The minimum Gasteiger partial charge on any atom is -0.352 e. The Kier molecular flexibility index (Phi) is 11.2. The van der Waals surface area contributed by atoms with Crippen LogP contribution in [0.25, 0.3) is 0 Å². The van der Waals surface area contributed by atoms with Gasteiger partial charge in [-0.3, -0.25) is 13.9 Å². The zero-order valence-corrected chi connectivity index (χ0v) is 25.1. The molecule has 40 heavy (non-hydrogen) atoms. The molecule has 0 aliphatic carbocycles. The number of hydrogen-bond acceptors (Lipinski definition) is 4. The topological polar surface area (TPSA) is 86.8 Å². The van der Waals surface area contributed by atoms with Crippen LogP contribution in [0, 0.1) is 0 Å². The van der Waals surface area contributed by atoms with Crippen LogP contribution in [0.2, 0.25) is 5.02 Å². The van der Waals surface area contributed by atoms with Crippen molar-refractivity contribution < 1.29 is 18.0 Å². The number of nitrogens with zero attached hydrogens (tertiary/aromatic N) is 2. The Labute approximate surface area is 243 Å². The van der Waals surface area contributed by atoms with Crippen molar-refractivity contribution in [2.45, 2.75) is 58.7 Å². The van der Waals surface area contributed by atoms with Crippen molar-refractivity contribution in [3.8, 4) is 0 Å². The van der Waals surface area contributed by atoms with Gasteiger partial charge in [0.25, 0.3) is 0 Å². The molecule has 3 rings (SSSR count). The number of rotatable bonds is 13. The lowest BCUT2D eigenvalue weighted by atomic mass is 10.0. The Morgan fingerprint density at radius 2 is 1.52 bits per heavy atom. The van der Waals surface area contributed by atoms with E-state index in [1.807, 2.05) is 63.2 Å². The number of para-hydroxylation sites is 1. The Bertz CT molecular complexity index is 1380. The predicted molar refractivity (Wildman–Crippen MR) is 162 cm³/mol. The number of anilines is 1. The van der Waals surface area contributed by atoms with E-state index in [-0.39, 0.29) is 24.9 Å². The van der Waals surface area contributed by atoms with E-state index < -0.39 is 28.5 Å². The molecule has 9 heteroatoms. The van der Waals surface area contributed by atoms with Gasteiger partial charge in [-0.15, -0.1) is 0 Å². The van der Waals surface area contributed by atoms with Crippen molar-refractivity contribution in [2.24, 2.45) is 0 Å². The fourth-order valence-corrected chi connectivity index (χ4v) is 5.44. The lowest BCUT2D eigenvalue weighted by molar-refractivity contribution is -0.140. The second-order valence-electron chi connectivity index (χ2n) is 9.92. The molecule has 214 valence electrons. The molecular formula is C31H38ClN3O4S. The van der Waals surface area contributed by atoms with E-state index in [2.05, 4.69) is 5.32 Å². The number of sulfonamides is 1. The molecule has 0 spiro atoms. The van der Waals surface area contributed by atoms with Crippen LogP contribution in [-0.2, 0) is 39.0 Å². The lowest BCUT2D eigenvalue weighted by Gasteiger charge is -2.34. The Morgan fingerprint density at radius 3 is 2.12 bits per heavy atom. The van der Waals surface area contributed by atoms with Crippen molar-refractivity contribution in [3.63, 3.8) is 0 Å². The van der Waals surface area contributed by atoms with E-state index in [0.29, 0.717) is 17.1 Å². The van der Waals surface area contributed by atoms with E-state index in [0.717, 1.165) is 33.7 Å². The molecule has 0 bridgehead atoms. The van der Waals surface area contributed by atoms with Gasteiger partial charge in [0, 0.05) is 24.0 Å². The summed E-state index contributed by atoms with van der Waals surface area (Å²) in [6.07, 6.45) is 2.68. The fourth-order valence-electron chi connectivity index (χ4n) is 4.43. The summed E-state index contributed by atoms with van der Waals surface area (Å²) in [6.45, 7) is 5.49. The largest absolute Gasteiger partial charge is 0.352 e. The van der Waals surface area contributed by atoms with E-state index in [1.165, 1.54) is 4.90 Å². The molecule has 0 aliphatic heterocycles. The summed E-state index contributed by atoms with van der Waals surface area (Å²) in [5.41, 5.74) is 2.92. The minimum atomic E-state index is -3.82. The maximum atomic E-state index is 14.1. The highest BCUT2D eigenvalue weighted by Gasteiger charge is 2.33. The Hall–Kier alpha value is -3.36. The molecule has 3 aromatic carbocycles. The Balaban J connectivity index is 2.07. The van der Waals surface area contributed by atoms with Crippen molar-refractivity contribution in [1.82, 2.24) is 10.2 Å². The molecule has 0 unspecified atom stereocenters. The average Bonchev–Trinajstić information content (AvgIpc) is 2.94. The number of halogens is 1. The van der Waals surface area contributed by atoms with E-state index >= 15 is 0 Å². The van der Waals surface area contributed by atoms with E-state index in [9.17, 15) is 18.0 Å². The predicted octanol–water partition coefficient (Wildman–Crippen LogP) is 5.22. The van der Waals surface area contributed by atoms with Crippen LogP contribution in [0.5, 0.6) is 0 Å². The van der Waals surface area contributed by atoms with Crippen molar-refractivity contribution in [2.75, 3.05) is 17.1 Å². The summed E-state index contributed by atoms with van der Waals surface area (Å²) in [5.74, 6) is -0.771. The standard InChI is InChI=1S/C31H38ClN3O4S/c1-5-23(3)33-31(37)29(20-24-12-8-7-9-13-24)34(21-25-16-18-27(32)19-17-25)30(36)22-35(40(4,38)39)28-15-11-10-14-26(28)6-2/h7-19,23,29H,5-6,20-22H2,1-4H3,(H,33,37)/t23-,29-/m0/s1. The van der Waals surface area contributed by atoms with Gasteiger partial charge in [0.05, 0.1) is 11.9 Å². The molecular weight excluding hydrogens is 546 g/mol. The summed E-state index contributed by atoms with van der Waals surface area (Å²) >= 11 is 6.10. The van der Waals surface area contributed by atoms with Gasteiger partial charge in [0.1, 0.15) is 12.6 Å². The number of carbonyl (C=O) groups excluding carboxylic acids is 2. The van der Waals surface area contributed by atoms with Gasteiger partial charge in [-0.2, -0.15) is 0 Å². The van der Waals surface area contributed by atoms with Gasteiger partial charge in [-0.25, -0.2) is 8.42 Å². The zero-order chi connectivity index (χ0) is 29.3. The number of nitrogens with one attached hydrogen (secondary N) is 1. The smallest absolute Gasteiger partial charge is 0.244 e. The van der Waals surface area contributed by atoms with Crippen molar-refractivity contribution >= 4 is 39.1 Å². The van der Waals surface area contributed by atoms with Crippen LogP contribution >= 0.6 is 11.6 Å². The summed E-state index contributed by atoms with van der Waals surface area (Å²) in [6, 6.07) is 22.7. The summed E-state index contributed by atoms with van der Waals surface area (Å²) in [4.78, 5) is 29.3. The molecule has 0 heterocycles. The van der Waals surface area contributed by atoms with Crippen molar-refractivity contribution in [3.05, 3.63) is 101 Å². The first-order chi connectivity index (χ1) is 19.0. The fraction of sp³-hybridized carbons (Fsp3) is 0.355. The van der Waals surface area contributed by atoms with Crippen LogP contribution < -0.4 is 9.62 Å². The number of carbonyl (C=O) groups is 2. The van der Waals surface area contributed by atoms with Gasteiger partial charge in [0.2, 0.25) is 21.8 Å². The van der Waals surface area contributed by atoms with Crippen LogP contribution in [0.15, 0.2) is 78.9 Å². The van der Waals surface area contributed by atoms with Crippen molar-refractivity contribution in [1.29, 1.82) is 0 Å². The molecule has 7 nitrogen and oxygen atoms in total. The first-order valence-corrected chi connectivity index (χ1v) is 15.7. The molecule has 3 aromatic rings. The molecule has 2 amide bonds. The van der Waals surface area contributed by atoms with Gasteiger partial charge >= 0.3 is 0 Å². The molecule has 2 atom stereocenters. The highest BCUT2D eigenvalue weighted by Crippen LogP contribution is 2.25. The molecule has 1 N–H and O–H groups in total. The van der Waals surface area contributed by atoms with Crippen LogP contribution in [0.3, 0.4) is 0 Å². The van der Waals surface area contributed by atoms with Gasteiger partial charge < -0.3 is 10.2 Å². The third-order valence-electron chi connectivity index (χ3n) is 6.86. The monoisotopic (exact) mass is 583 g/mol. The molecule has 0 fully saturated rings. The second kappa shape index (κ2) is 14.3. The summed E-state index contributed by atoms with van der Waals surface area (Å²) in [7, 11) is -3.82. The number of amides is 2. The Morgan fingerprint density at radius 1 is 0.900 bits per heavy atom. The number of aryl methyl sites for hydroxylation is 1. The maximum absolute atomic E-state index is 14.1. The third-order valence-corrected chi connectivity index (χ3v) is 8.24. The van der Waals surface area contributed by atoms with Crippen LogP contribution in [0.1, 0.15) is 43.9 Å². The van der Waals surface area contributed by atoms with Gasteiger partial charge in [0.15, 0.2) is 0 Å².